The first-order valence-corrected chi connectivity index (χ1v) is 8.39. The molecule has 25 heavy (non-hydrogen) atoms. The summed E-state index contributed by atoms with van der Waals surface area (Å²) in [5, 5.41) is 6.83. The van der Waals surface area contributed by atoms with Crippen LogP contribution in [0.3, 0.4) is 0 Å². The molecule has 1 heterocycles. The highest BCUT2D eigenvalue weighted by atomic mass is 35.5. The minimum Gasteiger partial charge on any atom is -0.370 e. The Balaban J connectivity index is 1.51. The maximum atomic E-state index is 12.1. The molecule has 0 unspecified atom stereocenters. The zero-order valence-corrected chi connectivity index (χ0v) is 14.3. The van der Waals surface area contributed by atoms with E-state index < -0.39 is 0 Å². The molecule has 0 saturated heterocycles. The van der Waals surface area contributed by atoms with Crippen LogP contribution in [0.25, 0.3) is 0 Å². The molecule has 0 atom stereocenters. The number of amides is 1. The van der Waals surface area contributed by atoms with Gasteiger partial charge in [-0.2, -0.15) is 0 Å². The van der Waals surface area contributed by atoms with E-state index in [4.69, 9.17) is 11.6 Å². The maximum Gasteiger partial charge on any atom is 0.255 e. The van der Waals surface area contributed by atoms with Crippen LogP contribution in [0.4, 0.5) is 11.5 Å². The SMILES string of the molecule is O=C(Nc1ccc(NCCc2cccc(Cl)c2)nc1)c1ccccc1. The fourth-order valence-corrected chi connectivity index (χ4v) is 2.61. The standard InChI is InChI=1S/C20H18ClN3O/c21-17-8-4-5-15(13-17)11-12-22-19-10-9-18(14-23-19)24-20(25)16-6-2-1-3-7-16/h1-10,13-14H,11-12H2,(H,22,23)(H,24,25). The predicted octanol–water partition coefficient (Wildman–Crippen LogP) is 4.64. The van der Waals surface area contributed by atoms with Crippen molar-refractivity contribution in [1.29, 1.82) is 0 Å². The first-order valence-electron chi connectivity index (χ1n) is 8.01. The van der Waals surface area contributed by atoms with Crippen molar-refractivity contribution in [2.75, 3.05) is 17.2 Å². The van der Waals surface area contributed by atoms with Gasteiger partial charge in [0.1, 0.15) is 5.82 Å². The van der Waals surface area contributed by atoms with Gasteiger partial charge in [-0.1, -0.05) is 41.9 Å². The highest BCUT2D eigenvalue weighted by Crippen LogP contribution is 2.13. The number of carbonyl (C=O) groups excluding carboxylic acids is 1. The number of pyridine rings is 1. The van der Waals surface area contributed by atoms with Gasteiger partial charge in [-0.25, -0.2) is 4.98 Å². The van der Waals surface area contributed by atoms with Gasteiger partial charge in [-0.15, -0.1) is 0 Å². The van der Waals surface area contributed by atoms with Crippen molar-refractivity contribution in [3.63, 3.8) is 0 Å². The minimum atomic E-state index is -0.149. The van der Waals surface area contributed by atoms with Crippen LogP contribution in [0, 0.1) is 0 Å². The fourth-order valence-electron chi connectivity index (χ4n) is 2.39. The minimum absolute atomic E-state index is 0.149. The number of aromatic nitrogens is 1. The second-order valence-electron chi connectivity index (χ2n) is 5.56. The van der Waals surface area contributed by atoms with Crippen LogP contribution in [-0.4, -0.2) is 17.4 Å². The van der Waals surface area contributed by atoms with E-state index in [0.717, 1.165) is 23.8 Å². The zero-order chi connectivity index (χ0) is 17.5. The van der Waals surface area contributed by atoms with Crippen LogP contribution in [0.5, 0.6) is 0 Å². The molecule has 4 nitrogen and oxygen atoms in total. The molecule has 0 spiro atoms. The van der Waals surface area contributed by atoms with Crippen molar-refractivity contribution in [2.45, 2.75) is 6.42 Å². The molecule has 0 saturated carbocycles. The smallest absolute Gasteiger partial charge is 0.255 e. The maximum absolute atomic E-state index is 12.1. The Bertz CT molecular complexity index is 835. The molecule has 1 amide bonds. The Kier molecular flexibility index (Phi) is 5.65. The number of carbonyl (C=O) groups is 1. The summed E-state index contributed by atoms with van der Waals surface area (Å²) in [5.41, 5.74) is 2.45. The molecule has 0 aliphatic rings. The van der Waals surface area contributed by atoms with E-state index in [1.807, 2.05) is 54.6 Å². The van der Waals surface area contributed by atoms with Crippen LogP contribution >= 0.6 is 11.6 Å². The molecule has 0 aliphatic carbocycles. The molecule has 3 aromatic rings. The van der Waals surface area contributed by atoms with Crippen molar-refractivity contribution in [2.24, 2.45) is 0 Å². The summed E-state index contributed by atoms with van der Waals surface area (Å²) < 4.78 is 0. The van der Waals surface area contributed by atoms with E-state index in [1.54, 1.807) is 18.3 Å². The second-order valence-corrected chi connectivity index (χ2v) is 6.00. The number of hydrogen-bond donors (Lipinski definition) is 2. The van der Waals surface area contributed by atoms with Gasteiger partial charge in [0.25, 0.3) is 5.91 Å². The highest BCUT2D eigenvalue weighted by molar-refractivity contribution is 6.30. The Morgan fingerprint density at radius 2 is 1.84 bits per heavy atom. The summed E-state index contributed by atoms with van der Waals surface area (Å²) in [7, 11) is 0. The lowest BCUT2D eigenvalue weighted by Gasteiger charge is -2.08. The Hall–Kier alpha value is -2.85. The Morgan fingerprint density at radius 1 is 1.00 bits per heavy atom. The van der Waals surface area contributed by atoms with E-state index in [1.165, 1.54) is 5.56 Å². The number of rotatable bonds is 6. The van der Waals surface area contributed by atoms with Gasteiger partial charge in [-0.3, -0.25) is 4.79 Å². The predicted molar refractivity (Wildman–Crippen MR) is 102 cm³/mol. The van der Waals surface area contributed by atoms with Gasteiger partial charge in [0, 0.05) is 17.1 Å². The van der Waals surface area contributed by atoms with E-state index in [9.17, 15) is 4.79 Å². The Labute approximate surface area is 151 Å². The number of anilines is 2. The Morgan fingerprint density at radius 3 is 2.56 bits per heavy atom. The zero-order valence-electron chi connectivity index (χ0n) is 13.6. The second kappa shape index (κ2) is 8.31. The number of nitrogens with one attached hydrogen (secondary N) is 2. The first kappa shape index (κ1) is 17.0. The van der Waals surface area contributed by atoms with Gasteiger partial charge in [0.2, 0.25) is 0 Å². The highest BCUT2D eigenvalue weighted by Gasteiger charge is 2.05. The molecule has 126 valence electrons. The summed E-state index contributed by atoms with van der Waals surface area (Å²) >= 11 is 5.98. The lowest BCUT2D eigenvalue weighted by atomic mass is 10.1. The summed E-state index contributed by atoms with van der Waals surface area (Å²) in [6, 6.07) is 20.6. The lowest BCUT2D eigenvalue weighted by Crippen LogP contribution is -2.12. The van der Waals surface area contributed by atoms with Crippen LogP contribution in [0.15, 0.2) is 72.9 Å². The summed E-state index contributed by atoms with van der Waals surface area (Å²) in [4.78, 5) is 16.4. The van der Waals surface area contributed by atoms with Gasteiger partial charge >= 0.3 is 0 Å². The molecular weight excluding hydrogens is 334 g/mol. The third-order valence-corrected chi connectivity index (χ3v) is 3.90. The molecule has 2 aromatic carbocycles. The van der Waals surface area contributed by atoms with E-state index in [0.29, 0.717) is 11.3 Å². The fraction of sp³-hybridized carbons (Fsp3) is 0.100. The largest absolute Gasteiger partial charge is 0.370 e. The van der Waals surface area contributed by atoms with Crippen molar-refractivity contribution in [1.82, 2.24) is 4.98 Å². The summed E-state index contributed by atoms with van der Waals surface area (Å²) in [5.74, 6) is 0.615. The molecule has 2 N–H and O–H groups in total. The van der Waals surface area contributed by atoms with Gasteiger partial charge in [0.15, 0.2) is 0 Å². The molecule has 0 radical (unpaired) electrons. The first-order chi connectivity index (χ1) is 12.2. The molecular formula is C20H18ClN3O. The topological polar surface area (TPSA) is 54.0 Å². The van der Waals surface area contributed by atoms with Gasteiger partial charge in [0.05, 0.1) is 11.9 Å². The van der Waals surface area contributed by atoms with Gasteiger partial charge < -0.3 is 10.6 Å². The average Bonchev–Trinajstić information content (AvgIpc) is 2.64. The van der Waals surface area contributed by atoms with Crippen molar-refractivity contribution >= 4 is 29.0 Å². The quantitative estimate of drug-likeness (QED) is 0.680. The van der Waals surface area contributed by atoms with E-state index >= 15 is 0 Å². The average molecular weight is 352 g/mol. The van der Waals surface area contributed by atoms with E-state index in [-0.39, 0.29) is 5.91 Å². The molecule has 5 heteroatoms. The molecule has 3 rings (SSSR count). The van der Waals surface area contributed by atoms with Crippen molar-refractivity contribution in [3.05, 3.63) is 89.1 Å². The number of hydrogen-bond acceptors (Lipinski definition) is 3. The van der Waals surface area contributed by atoms with Crippen molar-refractivity contribution < 1.29 is 4.79 Å². The van der Waals surface area contributed by atoms with Crippen LogP contribution in [0.2, 0.25) is 5.02 Å². The van der Waals surface area contributed by atoms with Gasteiger partial charge in [-0.05, 0) is 48.4 Å². The molecule has 0 fully saturated rings. The third-order valence-electron chi connectivity index (χ3n) is 3.67. The molecule has 1 aromatic heterocycles. The lowest BCUT2D eigenvalue weighted by molar-refractivity contribution is 0.102. The number of benzene rings is 2. The monoisotopic (exact) mass is 351 g/mol. The third kappa shape index (κ3) is 5.06. The molecule has 0 aliphatic heterocycles. The summed E-state index contributed by atoms with van der Waals surface area (Å²) in [6.45, 7) is 0.753. The number of nitrogens with zero attached hydrogens (tertiary/aromatic N) is 1. The van der Waals surface area contributed by atoms with Crippen LogP contribution < -0.4 is 10.6 Å². The normalized spacial score (nSPS) is 10.3. The van der Waals surface area contributed by atoms with Crippen LogP contribution in [-0.2, 0) is 6.42 Å². The van der Waals surface area contributed by atoms with E-state index in [2.05, 4.69) is 15.6 Å². The van der Waals surface area contributed by atoms with Crippen molar-refractivity contribution in [3.8, 4) is 0 Å². The number of halogens is 1. The van der Waals surface area contributed by atoms with Crippen LogP contribution in [0.1, 0.15) is 15.9 Å². The molecule has 0 bridgehead atoms. The summed E-state index contributed by atoms with van der Waals surface area (Å²) in [6.07, 6.45) is 2.50.